The molecular formula is C13H19N4O6PS. The predicted molar refractivity (Wildman–Crippen MR) is 89.9 cm³/mol. The van der Waals surface area contributed by atoms with Gasteiger partial charge in [-0.05, 0) is 31.4 Å². The molecule has 2 rings (SSSR count). The molecule has 1 saturated heterocycles. The third-order valence-electron chi connectivity index (χ3n) is 3.72. The van der Waals surface area contributed by atoms with Gasteiger partial charge < -0.3 is 5.32 Å². The highest BCUT2D eigenvalue weighted by molar-refractivity contribution is 7.90. The molecule has 1 fully saturated rings. The fourth-order valence-corrected chi connectivity index (χ4v) is 5.15. The Labute approximate surface area is 145 Å². The number of amides is 2. The van der Waals surface area contributed by atoms with Gasteiger partial charge in [-0.2, -0.15) is 8.42 Å². The van der Waals surface area contributed by atoms with Gasteiger partial charge in [-0.1, -0.05) is 18.2 Å². The first-order valence-corrected chi connectivity index (χ1v) is 10.5. The van der Waals surface area contributed by atoms with Crippen molar-refractivity contribution in [3.8, 4) is 0 Å². The molecule has 1 aliphatic heterocycles. The number of nitrogens with zero attached hydrogens (tertiary/aromatic N) is 1. The van der Waals surface area contributed by atoms with Crippen molar-refractivity contribution >= 4 is 29.7 Å². The van der Waals surface area contributed by atoms with Crippen LogP contribution in [0.5, 0.6) is 0 Å². The van der Waals surface area contributed by atoms with E-state index in [4.69, 9.17) is 10.1 Å². The van der Waals surface area contributed by atoms with Crippen LogP contribution in [0, 0.1) is 6.92 Å². The maximum Gasteiger partial charge on any atom is 0.341 e. The molecule has 1 aromatic carbocycles. The van der Waals surface area contributed by atoms with Crippen molar-refractivity contribution in [2.45, 2.75) is 25.8 Å². The molecular weight excluding hydrogens is 371 g/mol. The second kappa shape index (κ2) is 7.22. The number of hydrogen-bond donors (Lipinski definition) is 4. The fraction of sp³-hybridized carbons (Fsp3) is 0.385. The normalized spacial score (nSPS) is 20.8. The molecule has 2 amide bonds. The summed E-state index contributed by atoms with van der Waals surface area (Å²) in [4.78, 5) is 24.8. The van der Waals surface area contributed by atoms with Crippen LogP contribution in [-0.4, -0.2) is 42.0 Å². The summed E-state index contributed by atoms with van der Waals surface area (Å²) >= 11 is 0. The van der Waals surface area contributed by atoms with Crippen LogP contribution in [-0.2, 0) is 19.7 Å². The summed E-state index contributed by atoms with van der Waals surface area (Å²) in [6.45, 7) is 1.68. The number of aryl methyl sites for hydroxylation is 1. The third kappa shape index (κ3) is 4.86. The van der Waals surface area contributed by atoms with Crippen molar-refractivity contribution in [3.63, 3.8) is 0 Å². The Balaban J connectivity index is 2.16. The summed E-state index contributed by atoms with van der Waals surface area (Å²) in [5.74, 6) is -1.26. The summed E-state index contributed by atoms with van der Waals surface area (Å²) in [5.41, 5.74) is 6.50. The Kier molecular flexibility index (Phi) is 5.65. The monoisotopic (exact) mass is 390 g/mol. The van der Waals surface area contributed by atoms with Crippen molar-refractivity contribution in [1.29, 1.82) is 0 Å². The van der Waals surface area contributed by atoms with E-state index in [-0.39, 0.29) is 6.54 Å². The molecule has 1 aromatic rings. The van der Waals surface area contributed by atoms with Gasteiger partial charge in [0.15, 0.2) is 0 Å². The Bertz CT molecular complexity index is 843. The van der Waals surface area contributed by atoms with Crippen LogP contribution in [0.15, 0.2) is 24.3 Å². The van der Waals surface area contributed by atoms with Crippen LogP contribution >= 0.6 is 7.59 Å². The summed E-state index contributed by atoms with van der Waals surface area (Å²) in [6, 6.07) is 5.80. The number of benzene rings is 1. The van der Waals surface area contributed by atoms with E-state index in [1.54, 1.807) is 31.2 Å². The Morgan fingerprint density at radius 2 is 2.04 bits per heavy atom. The van der Waals surface area contributed by atoms with E-state index in [2.05, 4.69) is 5.32 Å². The van der Waals surface area contributed by atoms with Crippen molar-refractivity contribution < 1.29 is 27.1 Å². The first kappa shape index (κ1) is 19.5. The van der Waals surface area contributed by atoms with Gasteiger partial charge in [-0.15, -0.1) is 4.49 Å². The van der Waals surface area contributed by atoms with Crippen LogP contribution in [0.1, 0.15) is 28.8 Å². The molecule has 0 spiro atoms. The summed E-state index contributed by atoms with van der Waals surface area (Å²) < 4.78 is 44.8. The summed E-state index contributed by atoms with van der Waals surface area (Å²) in [5, 5.41) is 2.54. The van der Waals surface area contributed by atoms with E-state index >= 15 is 0 Å². The average Bonchev–Trinajstić information content (AvgIpc) is 2.47. The second-order valence-corrected chi connectivity index (χ2v) is 9.04. The number of nitrogens with two attached hydrogens (primary N) is 1. The molecule has 0 saturated carbocycles. The maximum absolute atomic E-state index is 12.5. The molecule has 1 unspecified atom stereocenters. The molecule has 0 bridgehead atoms. The van der Waals surface area contributed by atoms with Gasteiger partial charge in [0.1, 0.15) is 6.04 Å². The first-order valence-electron chi connectivity index (χ1n) is 7.35. The minimum Gasteiger partial charge on any atom is -0.340 e. The van der Waals surface area contributed by atoms with Crippen molar-refractivity contribution in [3.05, 3.63) is 35.4 Å². The van der Waals surface area contributed by atoms with E-state index in [1.165, 1.54) is 4.49 Å². The van der Waals surface area contributed by atoms with Crippen LogP contribution in [0.3, 0.4) is 0 Å². The average molecular weight is 390 g/mol. The number of carbonyl (C=O) groups excluding carboxylic acids is 2. The lowest BCUT2D eigenvalue weighted by molar-refractivity contribution is -0.130. The zero-order valence-electron chi connectivity index (χ0n) is 13.4. The number of rotatable bonds is 5. The quantitative estimate of drug-likeness (QED) is 0.412. The van der Waals surface area contributed by atoms with Crippen LogP contribution in [0.25, 0.3) is 0 Å². The zero-order chi connectivity index (χ0) is 18.8. The molecule has 1 heterocycles. The molecule has 0 aromatic heterocycles. The number of piperidine rings is 1. The Morgan fingerprint density at radius 1 is 1.40 bits per heavy atom. The highest BCUT2D eigenvalue weighted by atomic mass is 32.2. The lowest BCUT2D eigenvalue weighted by atomic mass is 10.0. The third-order valence-corrected chi connectivity index (χ3v) is 6.80. The van der Waals surface area contributed by atoms with Crippen LogP contribution in [0.2, 0.25) is 0 Å². The van der Waals surface area contributed by atoms with Crippen molar-refractivity contribution in [2.75, 3.05) is 6.54 Å². The van der Waals surface area contributed by atoms with E-state index in [1.807, 2.05) is 0 Å². The fourth-order valence-electron chi connectivity index (χ4n) is 2.57. The highest BCUT2D eigenvalue weighted by Gasteiger charge is 2.40. The molecule has 10 nitrogen and oxygen atoms in total. The molecule has 2 atom stereocenters. The molecule has 138 valence electrons. The second-order valence-electron chi connectivity index (χ2n) is 5.63. The molecule has 0 aliphatic carbocycles. The van der Waals surface area contributed by atoms with Crippen molar-refractivity contribution in [1.82, 2.24) is 14.5 Å². The van der Waals surface area contributed by atoms with E-state index in [9.17, 15) is 22.6 Å². The summed E-state index contributed by atoms with van der Waals surface area (Å²) in [6.07, 6.45) is 0.637. The Hall–Kier alpha value is -1.78. The topological polar surface area (TPSA) is 159 Å². The van der Waals surface area contributed by atoms with Gasteiger partial charge in [-0.3, -0.25) is 28.9 Å². The molecule has 5 N–H and O–H groups in total. The summed E-state index contributed by atoms with van der Waals surface area (Å²) in [7, 11) is -9.23. The number of carbonyl (C=O) groups is 2. The molecule has 0 radical (unpaired) electrons. The van der Waals surface area contributed by atoms with E-state index in [0.717, 1.165) is 5.56 Å². The van der Waals surface area contributed by atoms with Crippen LogP contribution in [0.4, 0.5) is 0 Å². The molecule has 1 aliphatic rings. The van der Waals surface area contributed by atoms with E-state index < -0.39 is 35.8 Å². The lowest BCUT2D eigenvalue weighted by Crippen LogP contribution is -2.53. The minimum atomic E-state index is -4.86. The van der Waals surface area contributed by atoms with Crippen molar-refractivity contribution in [2.24, 2.45) is 5.50 Å². The number of hydrogen-bond acceptors (Lipinski definition) is 5. The predicted octanol–water partition coefficient (Wildman–Crippen LogP) is 0.175. The SMILES string of the molecule is Cc1ccccc1C(=O)N[C@H]1CCCN(P(N)(=O)NS(=O)(=O)O)C1=O. The van der Waals surface area contributed by atoms with Gasteiger partial charge in [0.05, 0.1) is 0 Å². The largest absolute Gasteiger partial charge is 0.341 e. The number of nitrogens with one attached hydrogen (secondary N) is 2. The lowest BCUT2D eigenvalue weighted by Gasteiger charge is -2.35. The van der Waals surface area contributed by atoms with Gasteiger partial charge in [0.25, 0.3) is 11.8 Å². The standard InChI is InChI=1S/C13H19N4O6PS/c1-9-5-2-3-6-10(9)12(18)15-11-7-4-8-17(13(11)19)24(14,20)16-25(21,22)23/h2-3,5-6,11H,4,7-8H2,1H3,(H,15,18)(H3,14,16,20)(H,21,22,23)/t11-,24?/m0/s1. The molecule has 12 heteroatoms. The van der Waals surface area contributed by atoms with Crippen LogP contribution < -0.4 is 15.3 Å². The highest BCUT2D eigenvalue weighted by Crippen LogP contribution is 2.40. The van der Waals surface area contributed by atoms with Gasteiger partial charge in [-0.25, -0.2) is 0 Å². The van der Waals surface area contributed by atoms with Gasteiger partial charge in [0.2, 0.25) is 0 Å². The molecule has 25 heavy (non-hydrogen) atoms. The zero-order valence-corrected chi connectivity index (χ0v) is 15.1. The van der Waals surface area contributed by atoms with Gasteiger partial charge in [0, 0.05) is 12.1 Å². The smallest absolute Gasteiger partial charge is 0.340 e. The van der Waals surface area contributed by atoms with Gasteiger partial charge >= 0.3 is 17.9 Å². The minimum absolute atomic E-state index is 0.0636. The van der Waals surface area contributed by atoms with E-state index in [0.29, 0.717) is 23.1 Å². The first-order chi connectivity index (χ1) is 11.5. The maximum atomic E-state index is 12.5. The Morgan fingerprint density at radius 3 is 2.64 bits per heavy atom.